The smallest absolute Gasteiger partial charge is 0.407 e. The number of benzene rings is 2. The predicted octanol–water partition coefficient (Wildman–Crippen LogP) is 2.89. The van der Waals surface area contributed by atoms with E-state index in [-0.39, 0.29) is 37.9 Å². The molecule has 0 aromatic heterocycles. The maximum atomic E-state index is 12.8. The molecule has 8 nitrogen and oxygen atoms in total. The summed E-state index contributed by atoms with van der Waals surface area (Å²) in [5.41, 5.74) is 1.98. The molecule has 2 aromatic carbocycles. The SMILES string of the molecule is O=C(NC1(CC(=O)N2CC(O)(C(=O)O)C2)CCCC1)OCC1c2ccccc2-c2ccccc21. The van der Waals surface area contributed by atoms with Crippen molar-refractivity contribution in [2.75, 3.05) is 19.7 Å². The summed E-state index contributed by atoms with van der Waals surface area (Å²) in [6, 6.07) is 16.2. The van der Waals surface area contributed by atoms with Gasteiger partial charge in [-0.15, -0.1) is 0 Å². The van der Waals surface area contributed by atoms with Gasteiger partial charge in [0.2, 0.25) is 5.91 Å². The highest BCUT2D eigenvalue weighted by molar-refractivity contribution is 5.86. The third-order valence-corrected chi connectivity index (χ3v) is 7.42. The summed E-state index contributed by atoms with van der Waals surface area (Å²) in [5, 5.41) is 21.9. The molecule has 2 amide bonds. The Bertz CT molecular complexity index is 1090. The first kappa shape index (κ1) is 22.4. The van der Waals surface area contributed by atoms with Gasteiger partial charge >= 0.3 is 12.1 Å². The number of carbonyl (C=O) groups is 3. The number of carboxylic acid groups (broad SMARTS) is 1. The normalized spacial score (nSPS) is 19.6. The number of hydrogen-bond donors (Lipinski definition) is 3. The summed E-state index contributed by atoms with van der Waals surface area (Å²) in [5.74, 6) is -1.65. The largest absolute Gasteiger partial charge is 0.479 e. The van der Waals surface area contributed by atoms with E-state index in [1.54, 1.807) is 0 Å². The van der Waals surface area contributed by atoms with E-state index < -0.39 is 23.2 Å². The number of aliphatic carboxylic acids is 1. The van der Waals surface area contributed by atoms with E-state index >= 15 is 0 Å². The summed E-state index contributed by atoms with van der Waals surface area (Å²) in [6.07, 6.45) is 2.58. The number of nitrogens with one attached hydrogen (secondary N) is 1. The Labute approximate surface area is 197 Å². The van der Waals surface area contributed by atoms with Crippen molar-refractivity contribution in [2.24, 2.45) is 0 Å². The van der Waals surface area contributed by atoms with Crippen molar-refractivity contribution in [1.29, 1.82) is 0 Å². The van der Waals surface area contributed by atoms with Crippen molar-refractivity contribution in [3.63, 3.8) is 0 Å². The van der Waals surface area contributed by atoms with Crippen LogP contribution in [0.1, 0.15) is 49.1 Å². The first-order valence-corrected chi connectivity index (χ1v) is 11.7. The van der Waals surface area contributed by atoms with Crippen LogP contribution in [0.5, 0.6) is 0 Å². The van der Waals surface area contributed by atoms with Crippen LogP contribution in [-0.2, 0) is 14.3 Å². The van der Waals surface area contributed by atoms with Crippen LogP contribution in [0.25, 0.3) is 11.1 Å². The van der Waals surface area contributed by atoms with Crippen molar-refractivity contribution in [3.8, 4) is 11.1 Å². The number of amides is 2. The van der Waals surface area contributed by atoms with Crippen molar-refractivity contribution in [1.82, 2.24) is 10.2 Å². The zero-order valence-electron chi connectivity index (χ0n) is 18.8. The maximum Gasteiger partial charge on any atom is 0.407 e. The molecule has 34 heavy (non-hydrogen) atoms. The van der Waals surface area contributed by atoms with Gasteiger partial charge in [-0.3, -0.25) is 4.79 Å². The minimum atomic E-state index is -1.88. The second kappa shape index (κ2) is 8.43. The van der Waals surface area contributed by atoms with Crippen LogP contribution in [0.4, 0.5) is 4.79 Å². The number of carboxylic acids is 1. The number of alkyl carbamates (subject to hydrolysis) is 1. The Kier molecular flexibility index (Phi) is 5.56. The molecule has 178 valence electrons. The van der Waals surface area contributed by atoms with E-state index in [2.05, 4.69) is 29.6 Å². The van der Waals surface area contributed by atoms with E-state index in [9.17, 15) is 19.5 Å². The number of nitrogens with zero attached hydrogens (tertiary/aromatic N) is 1. The van der Waals surface area contributed by atoms with Gasteiger partial charge in [0, 0.05) is 5.92 Å². The fourth-order valence-electron chi connectivity index (χ4n) is 5.55. The number of β-amino-alcohol motifs (C(OH)–C–C–N with tert-alkyl or cyclic N) is 1. The zero-order valence-corrected chi connectivity index (χ0v) is 18.8. The molecule has 0 unspecified atom stereocenters. The van der Waals surface area contributed by atoms with E-state index in [0.29, 0.717) is 12.8 Å². The van der Waals surface area contributed by atoms with Crippen LogP contribution in [0, 0.1) is 0 Å². The summed E-state index contributed by atoms with van der Waals surface area (Å²) in [6.45, 7) is -0.272. The van der Waals surface area contributed by atoms with Gasteiger partial charge in [-0.25, -0.2) is 9.59 Å². The Balaban J connectivity index is 1.22. The molecule has 0 atom stereocenters. The van der Waals surface area contributed by atoms with Gasteiger partial charge < -0.3 is 25.2 Å². The average Bonchev–Trinajstić information content (AvgIpc) is 3.37. The minimum Gasteiger partial charge on any atom is -0.479 e. The summed E-state index contributed by atoms with van der Waals surface area (Å²) >= 11 is 0. The Morgan fingerprint density at radius 3 is 2.09 bits per heavy atom. The fourth-order valence-corrected chi connectivity index (χ4v) is 5.55. The maximum absolute atomic E-state index is 12.8. The molecule has 2 aromatic rings. The quantitative estimate of drug-likeness (QED) is 0.605. The van der Waals surface area contributed by atoms with Crippen LogP contribution in [0.2, 0.25) is 0 Å². The van der Waals surface area contributed by atoms with E-state index in [4.69, 9.17) is 9.84 Å². The summed E-state index contributed by atoms with van der Waals surface area (Å²) < 4.78 is 5.68. The lowest BCUT2D eigenvalue weighted by Gasteiger charge is -2.44. The lowest BCUT2D eigenvalue weighted by molar-refractivity contribution is -0.182. The highest BCUT2D eigenvalue weighted by atomic mass is 16.5. The average molecular weight is 465 g/mol. The Morgan fingerprint density at radius 1 is 0.971 bits per heavy atom. The number of hydrogen-bond acceptors (Lipinski definition) is 5. The van der Waals surface area contributed by atoms with Crippen LogP contribution in [0.3, 0.4) is 0 Å². The van der Waals surface area contributed by atoms with Gasteiger partial charge in [0.1, 0.15) is 6.61 Å². The van der Waals surface area contributed by atoms with Crippen molar-refractivity contribution >= 4 is 18.0 Å². The van der Waals surface area contributed by atoms with Crippen molar-refractivity contribution in [2.45, 2.75) is 49.2 Å². The van der Waals surface area contributed by atoms with Gasteiger partial charge in [0.15, 0.2) is 5.60 Å². The molecule has 5 rings (SSSR count). The molecular weight excluding hydrogens is 436 g/mol. The van der Waals surface area contributed by atoms with Crippen LogP contribution in [-0.4, -0.2) is 63.9 Å². The van der Waals surface area contributed by atoms with Gasteiger partial charge in [-0.2, -0.15) is 0 Å². The second-order valence-electron chi connectivity index (χ2n) is 9.70. The van der Waals surface area contributed by atoms with Crippen LogP contribution >= 0.6 is 0 Å². The zero-order chi connectivity index (χ0) is 23.9. The third kappa shape index (κ3) is 3.92. The highest BCUT2D eigenvalue weighted by Crippen LogP contribution is 2.44. The number of likely N-dealkylation sites (tertiary alicyclic amines) is 1. The van der Waals surface area contributed by atoms with Gasteiger partial charge in [-0.1, -0.05) is 61.4 Å². The number of rotatable bonds is 6. The molecular formula is C26H28N2O6. The molecule has 0 spiro atoms. The van der Waals surface area contributed by atoms with Crippen molar-refractivity contribution < 1.29 is 29.3 Å². The number of ether oxygens (including phenoxy) is 1. The summed E-state index contributed by atoms with van der Waals surface area (Å²) in [7, 11) is 0. The number of aliphatic hydroxyl groups is 1. The molecule has 3 aliphatic rings. The van der Waals surface area contributed by atoms with E-state index in [1.165, 1.54) is 4.90 Å². The molecule has 1 aliphatic heterocycles. The fraction of sp³-hybridized carbons (Fsp3) is 0.423. The molecule has 1 saturated carbocycles. The first-order valence-electron chi connectivity index (χ1n) is 11.7. The monoisotopic (exact) mass is 464 g/mol. The molecule has 8 heteroatoms. The predicted molar refractivity (Wildman–Crippen MR) is 123 cm³/mol. The number of carbonyl (C=O) groups excluding carboxylic acids is 2. The van der Waals surface area contributed by atoms with Gasteiger partial charge in [0.25, 0.3) is 0 Å². The van der Waals surface area contributed by atoms with Gasteiger partial charge in [-0.05, 0) is 35.1 Å². The Morgan fingerprint density at radius 2 is 1.53 bits per heavy atom. The molecule has 2 fully saturated rings. The number of fused-ring (bicyclic) bond motifs is 3. The standard InChI is InChI=1S/C26H28N2O6/c29-22(28-15-26(33,16-28)23(30)31)13-25(11-5-6-12-25)27-24(32)34-14-21-19-9-3-1-7-17(19)18-8-2-4-10-20(18)21/h1-4,7-10,21,33H,5-6,11-16H2,(H,27,32)(H,30,31). The highest BCUT2D eigenvalue weighted by Gasteiger charge is 2.51. The lowest BCUT2D eigenvalue weighted by atomic mass is 9.89. The molecule has 1 saturated heterocycles. The second-order valence-corrected chi connectivity index (χ2v) is 9.70. The van der Waals surface area contributed by atoms with E-state index in [1.807, 2.05) is 24.3 Å². The van der Waals surface area contributed by atoms with Gasteiger partial charge in [0.05, 0.1) is 25.0 Å². The van der Waals surface area contributed by atoms with Crippen LogP contribution < -0.4 is 5.32 Å². The van der Waals surface area contributed by atoms with E-state index in [0.717, 1.165) is 35.1 Å². The summed E-state index contributed by atoms with van der Waals surface area (Å²) in [4.78, 5) is 38.0. The first-order chi connectivity index (χ1) is 16.3. The molecule has 1 heterocycles. The molecule has 0 radical (unpaired) electrons. The topological polar surface area (TPSA) is 116 Å². The third-order valence-electron chi connectivity index (χ3n) is 7.42. The van der Waals surface area contributed by atoms with Crippen LogP contribution in [0.15, 0.2) is 48.5 Å². The Hall–Kier alpha value is -3.39. The minimum absolute atomic E-state index is 0.0471. The molecule has 3 N–H and O–H groups in total. The molecule has 0 bridgehead atoms. The lowest BCUT2D eigenvalue weighted by Crippen LogP contribution is -2.68. The molecule has 2 aliphatic carbocycles. The van der Waals surface area contributed by atoms with Crippen molar-refractivity contribution in [3.05, 3.63) is 59.7 Å².